The van der Waals surface area contributed by atoms with Gasteiger partial charge < -0.3 is 4.98 Å². The molecule has 0 spiro atoms. The van der Waals surface area contributed by atoms with E-state index in [4.69, 9.17) is 16.9 Å². The molecule has 1 aromatic rings. The van der Waals surface area contributed by atoms with E-state index in [1.807, 2.05) is 0 Å². The SMILES string of the molecule is N#CCc1[nH]c(Cl)cc(=O)c1C(F)F. The van der Waals surface area contributed by atoms with Crippen molar-refractivity contribution in [3.63, 3.8) is 0 Å². The molecule has 0 aliphatic heterocycles. The van der Waals surface area contributed by atoms with Crippen molar-refractivity contribution in [2.45, 2.75) is 12.8 Å². The zero-order chi connectivity index (χ0) is 10.7. The topological polar surface area (TPSA) is 56.6 Å². The number of nitrogens with one attached hydrogen (secondary N) is 1. The Morgan fingerprint density at radius 3 is 2.79 bits per heavy atom. The number of rotatable bonds is 2. The fraction of sp³-hybridized carbons (Fsp3) is 0.250. The predicted octanol–water partition coefficient (Wildman–Crippen LogP) is 2.03. The van der Waals surface area contributed by atoms with Gasteiger partial charge in [-0.1, -0.05) is 11.6 Å². The van der Waals surface area contributed by atoms with Crippen molar-refractivity contribution in [1.29, 1.82) is 5.26 Å². The smallest absolute Gasteiger partial charge is 0.269 e. The highest BCUT2D eigenvalue weighted by molar-refractivity contribution is 6.29. The molecule has 0 amide bonds. The molecular formula is C8H5ClF2N2O. The lowest BCUT2D eigenvalue weighted by molar-refractivity contribution is 0.148. The van der Waals surface area contributed by atoms with Crippen molar-refractivity contribution in [2.24, 2.45) is 0 Å². The van der Waals surface area contributed by atoms with Crippen LogP contribution in [-0.4, -0.2) is 4.98 Å². The van der Waals surface area contributed by atoms with Gasteiger partial charge in [0.05, 0.1) is 18.1 Å². The summed E-state index contributed by atoms with van der Waals surface area (Å²) in [4.78, 5) is 13.4. The summed E-state index contributed by atoms with van der Waals surface area (Å²) in [7, 11) is 0. The van der Waals surface area contributed by atoms with Crippen molar-refractivity contribution in [3.8, 4) is 6.07 Å². The number of aromatic amines is 1. The van der Waals surface area contributed by atoms with Gasteiger partial charge in [0.1, 0.15) is 5.15 Å². The highest BCUT2D eigenvalue weighted by atomic mass is 35.5. The second-order valence-electron chi connectivity index (χ2n) is 2.51. The van der Waals surface area contributed by atoms with E-state index in [0.29, 0.717) is 0 Å². The minimum Gasteiger partial charge on any atom is -0.348 e. The van der Waals surface area contributed by atoms with Gasteiger partial charge in [-0.3, -0.25) is 4.79 Å². The van der Waals surface area contributed by atoms with E-state index >= 15 is 0 Å². The number of halogens is 3. The van der Waals surface area contributed by atoms with Gasteiger partial charge in [0.25, 0.3) is 6.43 Å². The second kappa shape index (κ2) is 4.20. The molecule has 3 nitrogen and oxygen atoms in total. The quantitative estimate of drug-likeness (QED) is 0.773. The van der Waals surface area contributed by atoms with Crippen LogP contribution < -0.4 is 5.43 Å². The number of H-pyrrole nitrogens is 1. The molecule has 0 bridgehead atoms. The van der Waals surface area contributed by atoms with Crippen molar-refractivity contribution < 1.29 is 8.78 Å². The number of hydrogen-bond acceptors (Lipinski definition) is 2. The van der Waals surface area contributed by atoms with Crippen LogP contribution in [0.5, 0.6) is 0 Å². The minimum atomic E-state index is -2.90. The molecule has 6 heteroatoms. The Labute approximate surface area is 82.9 Å². The van der Waals surface area contributed by atoms with Crippen LogP contribution in [0.1, 0.15) is 17.7 Å². The van der Waals surface area contributed by atoms with Crippen LogP contribution in [0.25, 0.3) is 0 Å². The lowest BCUT2D eigenvalue weighted by Gasteiger charge is -2.05. The molecule has 1 rings (SSSR count). The average molecular weight is 219 g/mol. The highest BCUT2D eigenvalue weighted by Crippen LogP contribution is 2.19. The second-order valence-corrected chi connectivity index (χ2v) is 2.92. The largest absolute Gasteiger partial charge is 0.348 e. The van der Waals surface area contributed by atoms with Crippen molar-refractivity contribution in [2.75, 3.05) is 0 Å². The van der Waals surface area contributed by atoms with Crippen molar-refractivity contribution in [1.82, 2.24) is 4.98 Å². The Bertz CT molecular complexity index is 436. The highest BCUT2D eigenvalue weighted by Gasteiger charge is 2.17. The summed E-state index contributed by atoms with van der Waals surface area (Å²) in [5.41, 5.74) is -1.66. The van der Waals surface area contributed by atoms with Crippen molar-refractivity contribution in [3.05, 3.63) is 32.7 Å². The maximum absolute atomic E-state index is 12.4. The van der Waals surface area contributed by atoms with E-state index in [9.17, 15) is 13.6 Å². The lowest BCUT2D eigenvalue weighted by Crippen LogP contribution is -2.13. The first-order chi connectivity index (χ1) is 6.56. The van der Waals surface area contributed by atoms with Crippen LogP contribution in [0.2, 0.25) is 5.15 Å². The molecule has 0 saturated carbocycles. The molecule has 0 unspecified atom stereocenters. The molecule has 0 fully saturated rings. The Morgan fingerprint density at radius 1 is 1.64 bits per heavy atom. The van der Waals surface area contributed by atoms with Gasteiger partial charge in [0, 0.05) is 11.8 Å². The fourth-order valence-corrected chi connectivity index (χ4v) is 1.26. The number of nitriles is 1. The van der Waals surface area contributed by atoms with Gasteiger partial charge in [-0.05, 0) is 0 Å². The molecule has 0 atom stereocenters. The Balaban J connectivity index is 3.38. The molecule has 74 valence electrons. The number of aromatic nitrogens is 1. The third-order valence-corrected chi connectivity index (χ3v) is 1.80. The monoisotopic (exact) mass is 218 g/mol. The predicted molar refractivity (Wildman–Crippen MR) is 46.3 cm³/mol. The molecular weight excluding hydrogens is 214 g/mol. The summed E-state index contributed by atoms with van der Waals surface area (Å²) in [6.45, 7) is 0. The molecule has 0 aliphatic carbocycles. The van der Waals surface area contributed by atoms with Crippen LogP contribution >= 0.6 is 11.6 Å². The zero-order valence-corrected chi connectivity index (χ0v) is 7.61. The molecule has 1 aromatic heterocycles. The molecule has 14 heavy (non-hydrogen) atoms. The third-order valence-electron chi connectivity index (χ3n) is 1.59. The molecule has 0 radical (unpaired) electrons. The van der Waals surface area contributed by atoms with E-state index in [2.05, 4.69) is 4.98 Å². The van der Waals surface area contributed by atoms with Gasteiger partial charge in [-0.2, -0.15) is 5.26 Å². The zero-order valence-electron chi connectivity index (χ0n) is 6.85. The van der Waals surface area contributed by atoms with Crippen LogP contribution in [0.15, 0.2) is 10.9 Å². The summed E-state index contributed by atoms with van der Waals surface area (Å²) in [6.07, 6.45) is -3.20. The Hall–Kier alpha value is -1.41. The third kappa shape index (κ3) is 2.09. The first kappa shape index (κ1) is 10.7. The van der Waals surface area contributed by atoms with E-state index in [1.165, 1.54) is 0 Å². The van der Waals surface area contributed by atoms with Gasteiger partial charge in [-0.15, -0.1) is 0 Å². The summed E-state index contributed by atoms with van der Waals surface area (Å²) >= 11 is 5.45. The van der Waals surface area contributed by atoms with Crippen molar-refractivity contribution >= 4 is 11.6 Å². The first-order valence-corrected chi connectivity index (χ1v) is 4.00. The molecule has 1 heterocycles. The van der Waals surface area contributed by atoms with Gasteiger partial charge in [-0.25, -0.2) is 8.78 Å². The lowest BCUT2D eigenvalue weighted by atomic mass is 10.1. The van der Waals surface area contributed by atoms with E-state index < -0.39 is 17.4 Å². The van der Waals surface area contributed by atoms with E-state index in [-0.39, 0.29) is 17.3 Å². The summed E-state index contributed by atoms with van der Waals surface area (Å²) in [5, 5.41) is 8.30. The normalized spacial score (nSPS) is 10.2. The van der Waals surface area contributed by atoms with Gasteiger partial charge in [0.2, 0.25) is 0 Å². The number of pyridine rings is 1. The Morgan fingerprint density at radius 2 is 2.29 bits per heavy atom. The van der Waals surface area contributed by atoms with E-state index in [1.54, 1.807) is 6.07 Å². The molecule has 0 aliphatic rings. The summed E-state index contributed by atoms with van der Waals surface area (Å²) in [6, 6.07) is 2.54. The average Bonchev–Trinajstić information content (AvgIpc) is 2.01. The number of hydrogen-bond donors (Lipinski definition) is 1. The standard InChI is InChI=1S/C8H5ClF2N2O/c9-6-3-5(14)7(8(10)11)4(13-6)1-2-12/h3,8H,1H2,(H,13,14). The summed E-state index contributed by atoms with van der Waals surface area (Å²) in [5.74, 6) is 0. The van der Waals surface area contributed by atoms with Gasteiger partial charge >= 0.3 is 0 Å². The number of nitrogens with zero attached hydrogens (tertiary/aromatic N) is 1. The minimum absolute atomic E-state index is 0.0512. The maximum atomic E-state index is 12.4. The fourth-order valence-electron chi connectivity index (χ4n) is 1.05. The number of alkyl halides is 2. The summed E-state index contributed by atoms with van der Waals surface area (Å²) < 4.78 is 24.7. The Kier molecular flexibility index (Phi) is 3.20. The molecule has 0 saturated heterocycles. The van der Waals surface area contributed by atoms with Gasteiger partial charge in [0.15, 0.2) is 5.43 Å². The van der Waals surface area contributed by atoms with Crippen LogP contribution in [-0.2, 0) is 6.42 Å². The maximum Gasteiger partial charge on any atom is 0.269 e. The first-order valence-electron chi connectivity index (χ1n) is 3.63. The molecule has 0 aromatic carbocycles. The van der Waals surface area contributed by atoms with Crippen LogP contribution in [0.3, 0.4) is 0 Å². The molecule has 1 N–H and O–H groups in total. The van der Waals surface area contributed by atoms with Crippen LogP contribution in [0.4, 0.5) is 8.78 Å². The van der Waals surface area contributed by atoms with Crippen LogP contribution in [0, 0.1) is 11.3 Å². The van der Waals surface area contributed by atoms with E-state index in [0.717, 1.165) is 6.07 Å².